The molecule has 1 atom stereocenters. The Morgan fingerprint density at radius 2 is 1.61 bits per heavy atom. The Kier molecular flexibility index (Phi) is 4.97. The number of rotatable bonds is 5. The summed E-state index contributed by atoms with van der Waals surface area (Å²) in [5.41, 5.74) is 2.53. The van der Waals surface area contributed by atoms with Crippen LogP contribution in [0.3, 0.4) is 0 Å². The van der Waals surface area contributed by atoms with Crippen LogP contribution in [0.2, 0.25) is 0 Å². The molecule has 0 aliphatic rings. The van der Waals surface area contributed by atoms with Gasteiger partial charge in [-0.1, -0.05) is 58.4 Å². The minimum atomic E-state index is 0.228. The molecule has 0 saturated heterocycles. The Bertz CT molecular complexity index is 464. The Hall–Kier alpha value is -1.12. The van der Waals surface area contributed by atoms with Crippen molar-refractivity contribution >= 4 is 15.9 Å². The lowest BCUT2D eigenvalue weighted by atomic mass is 10.1. The maximum absolute atomic E-state index is 5.85. The predicted octanol–water partition coefficient (Wildman–Crippen LogP) is 4.60. The lowest BCUT2D eigenvalue weighted by Gasteiger charge is -2.13. The summed E-state index contributed by atoms with van der Waals surface area (Å²) in [6, 6.07) is 18.7. The fraction of sp³-hybridized carbons (Fsp3) is 0.250. The fourth-order valence-corrected chi connectivity index (χ4v) is 2.09. The number of hydrogen-bond acceptors (Lipinski definition) is 1. The molecule has 0 N–H and O–H groups in total. The number of ether oxygens (including phenoxy) is 1. The molecule has 2 rings (SSSR count). The Morgan fingerprint density at radius 3 is 2.28 bits per heavy atom. The Morgan fingerprint density at radius 1 is 0.944 bits per heavy atom. The van der Waals surface area contributed by atoms with Gasteiger partial charge < -0.3 is 4.74 Å². The number of halogens is 1. The van der Waals surface area contributed by atoms with E-state index in [-0.39, 0.29) is 6.10 Å². The molecular weight excluding hydrogens is 288 g/mol. The van der Waals surface area contributed by atoms with Gasteiger partial charge in [-0.05, 0) is 36.6 Å². The van der Waals surface area contributed by atoms with E-state index in [0.29, 0.717) is 6.61 Å². The monoisotopic (exact) mass is 304 g/mol. The van der Waals surface area contributed by atoms with Crippen molar-refractivity contribution < 1.29 is 4.74 Å². The van der Waals surface area contributed by atoms with Crippen LogP contribution in [0.1, 0.15) is 18.1 Å². The van der Waals surface area contributed by atoms with Gasteiger partial charge in [0.15, 0.2) is 0 Å². The van der Waals surface area contributed by atoms with Crippen molar-refractivity contribution in [2.45, 2.75) is 26.1 Å². The zero-order valence-corrected chi connectivity index (χ0v) is 12.1. The lowest BCUT2D eigenvalue weighted by molar-refractivity contribution is 0.0535. The van der Waals surface area contributed by atoms with Crippen molar-refractivity contribution in [2.75, 3.05) is 0 Å². The smallest absolute Gasteiger partial charge is 0.0720 e. The van der Waals surface area contributed by atoms with Crippen LogP contribution in [0.25, 0.3) is 0 Å². The molecule has 18 heavy (non-hydrogen) atoms. The summed E-state index contributed by atoms with van der Waals surface area (Å²) in [7, 11) is 0. The van der Waals surface area contributed by atoms with Gasteiger partial charge in [-0.25, -0.2) is 0 Å². The topological polar surface area (TPSA) is 9.23 Å². The van der Waals surface area contributed by atoms with Crippen LogP contribution >= 0.6 is 15.9 Å². The van der Waals surface area contributed by atoms with Gasteiger partial charge in [0.25, 0.3) is 0 Å². The summed E-state index contributed by atoms with van der Waals surface area (Å²) in [5, 5.41) is 0. The number of benzene rings is 2. The van der Waals surface area contributed by atoms with Crippen LogP contribution in [-0.2, 0) is 17.8 Å². The molecule has 0 radical (unpaired) electrons. The Labute approximate surface area is 117 Å². The van der Waals surface area contributed by atoms with Crippen molar-refractivity contribution in [1.82, 2.24) is 0 Å². The second kappa shape index (κ2) is 6.72. The highest BCUT2D eigenvalue weighted by Crippen LogP contribution is 2.13. The van der Waals surface area contributed by atoms with Crippen molar-refractivity contribution in [3.63, 3.8) is 0 Å². The van der Waals surface area contributed by atoms with Gasteiger partial charge in [-0.3, -0.25) is 0 Å². The third-order valence-corrected chi connectivity index (χ3v) is 3.34. The van der Waals surface area contributed by atoms with E-state index in [1.165, 1.54) is 11.1 Å². The van der Waals surface area contributed by atoms with E-state index in [0.717, 1.165) is 10.9 Å². The van der Waals surface area contributed by atoms with E-state index in [1.807, 2.05) is 18.2 Å². The van der Waals surface area contributed by atoms with E-state index in [4.69, 9.17) is 4.74 Å². The largest absolute Gasteiger partial charge is 0.373 e. The fourth-order valence-electron chi connectivity index (χ4n) is 1.82. The second-order valence-electron chi connectivity index (χ2n) is 4.44. The highest BCUT2D eigenvalue weighted by Gasteiger charge is 2.04. The molecule has 0 saturated carbocycles. The van der Waals surface area contributed by atoms with Gasteiger partial charge >= 0.3 is 0 Å². The van der Waals surface area contributed by atoms with Gasteiger partial charge in [-0.2, -0.15) is 0 Å². The molecule has 2 heteroatoms. The average Bonchev–Trinajstić information content (AvgIpc) is 2.40. The third kappa shape index (κ3) is 4.28. The van der Waals surface area contributed by atoms with Crippen LogP contribution in [0.5, 0.6) is 0 Å². The van der Waals surface area contributed by atoms with Crippen molar-refractivity contribution in [2.24, 2.45) is 0 Å². The first kappa shape index (κ1) is 13.3. The molecule has 1 unspecified atom stereocenters. The minimum absolute atomic E-state index is 0.228. The summed E-state index contributed by atoms with van der Waals surface area (Å²) in [6.07, 6.45) is 1.17. The van der Waals surface area contributed by atoms with Gasteiger partial charge in [0.05, 0.1) is 12.7 Å². The molecule has 0 aliphatic heterocycles. The van der Waals surface area contributed by atoms with Gasteiger partial charge in [0.2, 0.25) is 0 Å². The molecule has 94 valence electrons. The first-order chi connectivity index (χ1) is 8.74. The highest BCUT2D eigenvalue weighted by atomic mass is 79.9. The Balaban J connectivity index is 1.82. The van der Waals surface area contributed by atoms with E-state index in [9.17, 15) is 0 Å². The molecule has 0 amide bonds. The maximum atomic E-state index is 5.85. The lowest BCUT2D eigenvalue weighted by Crippen LogP contribution is -2.11. The normalized spacial score (nSPS) is 12.3. The van der Waals surface area contributed by atoms with Crippen LogP contribution in [0.15, 0.2) is 59.1 Å². The molecule has 2 aromatic carbocycles. The van der Waals surface area contributed by atoms with Gasteiger partial charge in [0.1, 0.15) is 0 Å². The van der Waals surface area contributed by atoms with Crippen LogP contribution in [-0.4, -0.2) is 6.10 Å². The molecule has 0 aliphatic carbocycles. The summed E-state index contributed by atoms with van der Waals surface area (Å²) >= 11 is 3.44. The zero-order valence-electron chi connectivity index (χ0n) is 10.5. The van der Waals surface area contributed by atoms with Crippen LogP contribution in [0.4, 0.5) is 0 Å². The average molecular weight is 305 g/mol. The highest BCUT2D eigenvalue weighted by molar-refractivity contribution is 9.10. The maximum Gasteiger partial charge on any atom is 0.0720 e. The molecule has 0 bridgehead atoms. The van der Waals surface area contributed by atoms with Crippen molar-refractivity contribution in [3.05, 3.63) is 70.2 Å². The molecule has 1 nitrogen and oxygen atoms in total. The van der Waals surface area contributed by atoms with Crippen LogP contribution < -0.4 is 0 Å². The number of hydrogen-bond donors (Lipinski definition) is 0. The molecular formula is C16H17BrO. The third-order valence-electron chi connectivity index (χ3n) is 2.81. The van der Waals surface area contributed by atoms with E-state index in [1.54, 1.807) is 0 Å². The SMILES string of the molecule is CC(Cc1ccc(Br)cc1)OCc1ccccc1. The van der Waals surface area contributed by atoms with Crippen molar-refractivity contribution in [1.29, 1.82) is 0 Å². The molecule has 0 spiro atoms. The van der Waals surface area contributed by atoms with E-state index in [2.05, 4.69) is 59.3 Å². The second-order valence-corrected chi connectivity index (χ2v) is 5.35. The van der Waals surface area contributed by atoms with Crippen molar-refractivity contribution in [3.8, 4) is 0 Å². The standard InChI is InChI=1S/C16H17BrO/c1-13(11-14-7-9-16(17)10-8-14)18-12-15-5-3-2-4-6-15/h2-10,13H,11-12H2,1H3. The van der Waals surface area contributed by atoms with E-state index < -0.39 is 0 Å². The zero-order chi connectivity index (χ0) is 12.8. The van der Waals surface area contributed by atoms with E-state index >= 15 is 0 Å². The summed E-state index contributed by atoms with van der Waals surface area (Å²) < 4.78 is 6.97. The predicted molar refractivity (Wildman–Crippen MR) is 78.5 cm³/mol. The summed E-state index contributed by atoms with van der Waals surface area (Å²) in [5.74, 6) is 0. The minimum Gasteiger partial charge on any atom is -0.373 e. The molecule has 0 aromatic heterocycles. The molecule has 2 aromatic rings. The van der Waals surface area contributed by atoms with Crippen LogP contribution in [0, 0.1) is 0 Å². The van der Waals surface area contributed by atoms with Gasteiger partial charge in [-0.15, -0.1) is 0 Å². The van der Waals surface area contributed by atoms with Gasteiger partial charge in [0, 0.05) is 4.47 Å². The quantitative estimate of drug-likeness (QED) is 0.784. The molecule has 0 fully saturated rings. The summed E-state index contributed by atoms with van der Waals surface area (Å²) in [6.45, 7) is 2.80. The first-order valence-electron chi connectivity index (χ1n) is 6.14. The summed E-state index contributed by atoms with van der Waals surface area (Å²) in [4.78, 5) is 0. The molecule has 0 heterocycles. The first-order valence-corrected chi connectivity index (χ1v) is 6.93.